The number of amides is 1. The molecule has 0 fully saturated rings. The van der Waals surface area contributed by atoms with E-state index in [2.05, 4.69) is 5.32 Å². The molecule has 14 heteroatoms. The molecule has 0 aromatic heterocycles. The summed E-state index contributed by atoms with van der Waals surface area (Å²) in [4.78, 5) is 63.6. The Morgan fingerprint density at radius 2 is 1.68 bits per heavy atom. The number of carbonyl (C=O) groups excluding carboxylic acids is 5. The van der Waals surface area contributed by atoms with Crippen LogP contribution in [0.15, 0.2) is 34.8 Å². The maximum Gasteiger partial charge on any atom is 0.340 e. The van der Waals surface area contributed by atoms with E-state index in [1.165, 1.54) is 26.0 Å². The number of ketones is 2. The number of carbonyl (C=O) groups is 5. The maximum absolute atomic E-state index is 13.8. The van der Waals surface area contributed by atoms with Crippen LogP contribution >= 0.6 is 0 Å². The molecule has 3 aliphatic carbocycles. The van der Waals surface area contributed by atoms with Crippen molar-refractivity contribution in [3.8, 4) is 5.75 Å². The van der Waals surface area contributed by atoms with Crippen LogP contribution in [0.3, 0.4) is 0 Å². The molecule has 1 amide bonds. The number of fused-ring (bicyclic) bond motifs is 3. The number of ether oxygens (including phenoxy) is 2. The van der Waals surface area contributed by atoms with Gasteiger partial charge in [-0.2, -0.15) is 0 Å². The summed E-state index contributed by atoms with van der Waals surface area (Å²) in [5, 5.41) is 57.8. The van der Waals surface area contributed by atoms with Crippen LogP contribution in [-0.4, -0.2) is 85.9 Å². The van der Waals surface area contributed by atoms with Gasteiger partial charge in [-0.25, -0.2) is 9.59 Å². The van der Waals surface area contributed by atoms with Gasteiger partial charge in [-0.05, 0) is 31.4 Å². The lowest BCUT2D eigenvalue weighted by molar-refractivity contribution is -0.156. The summed E-state index contributed by atoms with van der Waals surface area (Å²) < 4.78 is 9.80. The third-order valence-corrected chi connectivity index (χ3v) is 7.84. The number of primary amides is 1. The lowest BCUT2D eigenvalue weighted by Gasteiger charge is -2.50. The van der Waals surface area contributed by atoms with E-state index in [9.17, 15) is 49.5 Å². The molecule has 220 valence electrons. The van der Waals surface area contributed by atoms with Gasteiger partial charge < -0.3 is 46.1 Å². The van der Waals surface area contributed by atoms with Crippen molar-refractivity contribution in [1.29, 1.82) is 0 Å². The van der Waals surface area contributed by atoms with Crippen LogP contribution in [0.2, 0.25) is 0 Å². The Bertz CT molecular complexity index is 1410. The number of aliphatic hydroxyl groups is 4. The van der Waals surface area contributed by atoms with Gasteiger partial charge in [0, 0.05) is 23.8 Å². The molecule has 0 unspecified atom stereocenters. The second-order valence-electron chi connectivity index (χ2n) is 10.00. The standard InChI is InChI=1S/C27H30N2O12/c1-4-40-25(37)18(26(38)41-5-2)29-12-7-6-10-9(3)14-17(21(33)15(10)20(12)32)23(35)27(39)11(19(14)31)8-13(30)16(22(27)34)24(28)36/h6-7,9,11,14,18-19,29-32,35,39H,4-5,8H2,1-3H3,(H2,28,36)/t9-,11+,14+,19+,27+/m0/s1. The number of hydrogen-bond donors (Lipinski definition) is 7. The summed E-state index contributed by atoms with van der Waals surface area (Å²) in [6.45, 7) is 4.48. The number of anilines is 1. The molecule has 1 aromatic rings. The van der Waals surface area contributed by atoms with Crippen LogP contribution in [0.4, 0.5) is 5.69 Å². The number of nitrogens with two attached hydrogens (primary N) is 1. The monoisotopic (exact) mass is 574 g/mol. The number of aromatic hydroxyl groups is 1. The summed E-state index contributed by atoms with van der Waals surface area (Å²) >= 11 is 0. The van der Waals surface area contributed by atoms with Crippen molar-refractivity contribution in [3.05, 3.63) is 45.9 Å². The topological polar surface area (TPSA) is 243 Å². The van der Waals surface area contributed by atoms with Crippen LogP contribution in [0.5, 0.6) is 5.75 Å². The van der Waals surface area contributed by atoms with Gasteiger partial charge >= 0.3 is 11.9 Å². The number of esters is 2. The average molecular weight is 575 g/mol. The number of allylic oxidation sites excluding steroid dienone is 1. The summed E-state index contributed by atoms with van der Waals surface area (Å²) in [6, 6.07) is 0.991. The molecule has 8 N–H and O–H groups in total. The minimum absolute atomic E-state index is 0.0627. The summed E-state index contributed by atoms with van der Waals surface area (Å²) in [6.07, 6.45) is -2.27. The second kappa shape index (κ2) is 10.5. The summed E-state index contributed by atoms with van der Waals surface area (Å²) in [5.74, 6) is -12.1. The summed E-state index contributed by atoms with van der Waals surface area (Å²) in [5.41, 5.74) is 0.225. The number of rotatable bonds is 7. The van der Waals surface area contributed by atoms with Gasteiger partial charge in [0.1, 0.15) is 22.8 Å². The molecule has 0 saturated carbocycles. The molecule has 4 rings (SSSR count). The Morgan fingerprint density at radius 1 is 1.10 bits per heavy atom. The van der Waals surface area contributed by atoms with Gasteiger partial charge in [-0.15, -0.1) is 0 Å². The van der Waals surface area contributed by atoms with Crippen LogP contribution < -0.4 is 11.1 Å². The van der Waals surface area contributed by atoms with Crippen LogP contribution in [0.1, 0.15) is 49.0 Å². The largest absolute Gasteiger partial charge is 0.511 e. The van der Waals surface area contributed by atoms with Crippen molar-refractivity contribution < 1.29 is 59.0 Å². The summed E-state index contributed by atoms with van der Waals surface area (Å²) in [7, 11) is 0. The Morgan fingerprint density at radius 3 is 2.22 bits per heavy atom. The van der Waals surface area contributed by atoms with E-state index in [1.807, 2.05) is 0 Å². The first-order valence-electron chi connectivity index (χ1n) is 12.8. The van der Waals surface area contributed by atoms with E-state index in [0.29, 0.717) is 0 Å². The number of benzene rings is 1. The zero-order valence-corrected chi connectivity index (χ0v) is 22.3. The molecule has 41 heavy (non-hydrogen) atoms. The van der Waals surface area contributed by atoms with E-state index < -0.39 is 105 Å². The first-order chi connectivity index (χ1) is 19.2. The molecule has 0 radical (unpaired) electrons. The van der Waals surface area contributed by atoms with Crippen LogP contribution in [0, 0.1) is 11.8 Å². The van der Waals surface area contributed by atoms with E-state index in [4.69, 9.17) is 15.2 Å². The normalized spacial score (nSPS) is 27.2. The molecule has 0 bridgehead atoms. The minimum Gasteiger partial charge on any atom is -0.511 e. The molecule has 0 heterocycles. The molecule has 0 saturated heterocycles. The van der Waals surface area contributed by atoms with Crippen molar-refractivity contribution in [2.45, 2.75) is 50.9 Å². The van der Waals surface area contributed by atoms with Crippen LogP contribution in [0.25, 0.3) is 0 Å². The third-order valence-electron chi connectivity index (χ3n) is 7.84. The fourth-order valence-corrected chi connectivity index (χ4v) is 5.93. The number of hydrogen-bond acceptors (Lipinski definition) is 13. The van der Waals surface area contributed by atoms with E-state index in [-0.39, 0.29) is 24.5 Å². The fraction of sp³-hybridized carbons (Fsp3) is 0.444. The van der Waals surface area contributed by atoms with Crippen LogP contribution in [-0.2, 0) is 28.7 Å². The first-order valence-corrected chi connectivity index (χ1v) is 12.8. The van der Waals surface area contributed by atoms with E-state index in [0.717, 1.165) is 0 Å². The second-order valence-corrected chi connectivity index (χ2v) is 10.00. The number of aliphatic hydroxyl groups excluding tert-OH is 3. The lowest BCUT2D eigenvalue weighted by atomic mass is 9.56. The fourth-order valence-electron chi connectivity index (χ4n) is 5.93. The van der Waals surface area contributed by atoms with Crippen molar-refractivity contribution in [1.82, 2.24) is 0 Å². The smallest absolute Gasteiger partial charge is 0.340 e. The molecular formula is C27H30N2O12. The highest BCUT2D eigenvalue weighted by atomic mass is 16.6. The Balaban J connectivity index is 1.85. The van der Waals surface area contributed by atoms with Crippen molar-refractivity contribution >= 4 is 35.1 Å². The molecular weight excluding hydrogens is 544 g/mol. The van der Waals surface area contributed by atoms with Gasteiger partial charge in [-0.1, -0.05) is 13.0 Å². The van der Waals surface area contributed by atoms with Crippen molar-refractivity contribution in [3.63, 3.8) is 0 Å². The third kappa shape index (κ3) is 4.30. The van der Waals surface area contributed by atoms with Gasteiger partial charge in [0.05, 0.1) is 30.6 Å². The number of nitrogens with one attached hydrogen (secondary N) is 1. The predicted octanol–water partition coefficient (Wildman–Crippen LogP) is 0.0190. The molecule has 0 spiro atoms. The molecule has 1 aromatic carbocycles. The highest BCUT2D eigenvalue weighted by molar-refractivity contribution is 6.24. The first kappa shape index (κ1) is 29.6. The Kier molecular flexibility index (Phi) is 7.58. The minimum atomic E-state index is -2.97. The number of phenolic OH excluding ortho intramolecular Hbond substituents is 1. The zero-order valence-electron chi connectivity index (χ0n) is 22.3. The molecule has 3 aliphatic rings. The number of phenols is 1. The quantitative estimate of drug-likeness (QED) is 0.0984. The molecule has 0 aliphatic heterocycles. The van der Waals surface area contributed by atoms with Crippen molar-refractivity contribution in [2.75, 3.05) is 18.5 Å². The number of Topliss-reactive ketones (excluding diaryl/α,β-unsaturated/α-hetero) is 2. The predicted molar refractivity (Wildman–Crippen MR) is 138 cm³/mol. The SMILES string of the molecule is CCOC(=O)C(Nc1ccc2c(c1O)C(=O)C1=C(O)[C@]3(O)C(=O)C(C(N)=O)=C(O)C[C@@H]3[C@@H](O)[C@@H]1[C@H]2C)C(=O)OCC. The van der Waals surface area contributed by atoms with Gasteiger partial charge in [-0.3, -0.25) is 14.4 Å². The zero-order chi connectivity index (χ0) is 30.5. The van der Waals surface area contributed by atoms with Crippen molar-refractivity contribution in [2.24, 2.45) is 17.6 Å². The van der Waals surface area contributed by atoms with E-state index >= 15 is 0 Å². The van der Waals surface area contributed by atoms with Gasteiger partial charge in [0.15, 0.2) is 11.4 Å². The highest BCUT2D eigenvalue weighted by Gasteiger charge is 2.64. The van der Waals surface area contributed by atoms with E-state index in [1.54, 1.807) is 6.92 Å². The lowest BCUT2D eigenvalue weighted by Crippen LogP contribution is -2.62. The van der Waals surface area contributed by atoms with Gasteiger partial charge in [0.2, 0.25) is 11.8 Å². The Hall–Kier alpha value is -4.43. The Labute approximate surface area is 233 Å². The van der Waals surface area contributed by atoms with Gasteiger partial charge in [0.25, 0.3) is 5.91 Å². The molecule has 14 nitrogen and oxygen atoms in total. The highest BCUT2D eigenvalue weighted by Crippen LogP contribution is 2.55. The average Bonchev–Trinajstić information content (AvgIpc) is 2.90. The maximum atomic E-state index is 13.8. The molecule has 5 atom stereocenters.